The van der Waals surface area contributed by atoms with E-state index in [1.54, 1.807) is 18.2 Å². The summed E-state index contributed by atoms with van der Waals surface area (Å²) in [7, 11) is 0. The van der Waals surface area contributed by atoms with E-state index >= 15 is 0 Å². The summed E-state index contributed by atoms with van der Waals surface area (Å²) in [4.78, 5) is 19.1. The van der Waals surface area contributed by atoms with Gasteiger partial charge < -0.3 is 0 Å². The van der Waals surface area contributed by atoms with E-state index < -0.39 is 5.82 Å². The van der Waals surface area contributed by atoms with Gasteiger partial charge in [-0.2, -0.15) is 0 Å². The lowest BCUT2D eigenvalue weighted by atomic mass is 10.1. The summed E-state index contributed by atoms with van der Waals surface area (Å²) in [5, 5.41) is 0.508. The van der Waals surface area contributed by atoms with E-state index in [0.717, 1.165) is 0 Å². The van der Waals surface area contributed by atoms with Gasteiger partial charge in [-0.05, 0) is 18.4 Å². The van der Waals surface area contributed by atoms with Crippen LogP contribution in [0.15, 0.2) is 35.6 Å². The Morgan fingerprint density at radius 2 is 2.12 bits per heavy atom. The first-order chi connectivity index (χ1) is 8.26. The van der Waals surface area contributed by atoms with Gasteiger partial charge in [0.05, 0.1) is 11.3 Å². The minimum Gasteiger partial charge on any atom is -0.298 e. The van der Waals surface area contributed by atoms with Crippen LogP contribution in [0.2, 0.25) is 0 Å². The van der Waals surface area contributed by atoms with Crippen LogP contribution in [0.3, 0.4) is 0 Å². The van der Waals surface area contributed by atoms with Crippen molar-refractivity contribution in [2.45, 2.75) is 5.16 Å². The Balaban J connectivity index is 2.64. The Hall–Kier alpha value is -1.75. The minimum atomic E-state index is -0.402. The highest BCUT2D eigenvalue weighted by molar-refractivity contribution is 7.98. The van der Waals surface area contributed by atoms with Crippen molar-refractivity contribution in [2.75, 3.05) is 6.26 Å². The molecule has 0 fully saturated rings. The third-order valence-corrected chi connectivity index (χ3v) is 2.80. The molecule has 86 valence electrons. The van der Waals surface area contributed by atoms with Crippen molar-refractivity contribution in [2.24, 2.45) is 0 Å². The summed E-state index contributed by atoms with van der Waals surface area (Å²) in [5.74, 6) is -0.402. The van der Waals surface area contributed by atoms with Crippen LogP contribution < -0.4 is 0 Å². The van der Waals surface area contributed by atoms with E-state index in [0.29, 0.717) is 22.7 Å². The van der Waals surface area contributed by atoms with Crippen LogP contribution in [0.25, 0.3) is 11.3 Å². The van der Waals surface area contributed by atoms with Crippen LogP contribution in [0.5, 0.6) is 0 Å². The molecule has 1 aromatic carbocycles. The Bertz CT molecular complexity index is 560. The summed E-state index contributed by atoms with van der Waals surface area (Å²) < 4.78 is 13.6. The number of carbonyl (C=O) groups excluding carboxylic acids is 1. The van der Waals surface area contributed by atoms with Crippen LogP contribution in [-0.2, 0) is 0 Å². The first-order valence-electron chi connectivity index (χ1n) is 4.87. The molecule has 0 aliphatic heterocycles. The van der Waals surface area contributed by atoms with Crippen molar-refractivity contribution < 1.29 is 9.18 Å². The zero-order valence-electron chi connectivity index (χ0n) is 9.05. The molecule has 0 radical (unpaired) electrons. The van der Waals surface area contributed by atoms with Gasteiger partial charge in [0.15, 0.2) is 11.4 Å². The molecule has 2 rings (SSSR count). The summed E-state index contributed by atoms with van der Waals surface area (Å²) in [5.41, 5.74) is 0.928. The average molecular weight is 248 g/mol. The van der Waals surface area contributed by atoms with Crippen LogP contribution >= 0.6 is 11.8 Å². The first kappa shape index (κ1) is 11.7. The molecule has 0 aliphatic carbocycles. The van der Waals surface area contributed by atoms with E-state index in [-0.39, 0.29) is 5.56 Å². The minimum absolute atomic E-state index is 0.285. The largest absolute Gasteiger partial charge is 0.298 e. The molecule has 0 saturated heterocycles. The second-order valence-electron chi connectivity index (χ2n) is 3.26. The summed E-state index contributed by atoms with van der Waals surface area (Å²) in [6.45, 7) is 0. The molecule has 1 heterocycles. The van der Waals surface area contributed by atoms with E-state index in [9.17, 15) is 9.18 Å². The molecule has 2 aromatic rings. The Morgan fingerprint density at radius 1 is 1.35 bits per heavy atom. The van der Waals surface area contributed by atoms with Crippen molar-refractivity contribution in [1.82, 2.24) is 9.97 Å². The predicted octanol–water partition coefficient (Wildman–Crippen LogP) is 2.82. The van der Waals surface area contributed by atoms with E-state index in [4.69, 9.17) is 0 Å². The first-order valence-corrected chi connectivity index (χ1v) is 6.10. The molecule has 0 saturated carbocycles. The number of hydrogen-bond acceptors (Lipinski definition) is 4. The Morgan fingerprint density at radius 3 is 2.76 bits per heavy atom. The number of aromatic nitrogens is 2. The van der Waals surface area contributed by atoms with Gasteiger partial charge in [-0.25, -0.2) is 14.4 Å². The molecule has 1 aromatic heterocycles. The van der Waals surface area contributed by atoms with Gasteiger partial charge in [-0.3, -0.25) is 4.79 Å². The fourth-order valence-corrected chi connectivity index (χ4v) is 1.77. The second-order valence-corrected chi connectivity index (χ2v) is 4.03. The van der Waals surface area contributed by atoms with E-state index in [1.165, 1.54) is 24.0 Å². The van der Waals surface area contributed by atoms with Gasteiger partial charge in [-0.1, -0.05) is 23.9 Å². The molecule has 0 bridgehead atoms. The van der Waals surface area contributed by atoms with Gasteiger partial charge in [0.1, 0.15) is 5.82 Å². The monoisotopic (exact) mass is 248 g/mol. The maximum absolute atomic E-state index is 13.6. The van der Waals surface area contributed by atoms with Crippen molar-refractivity contribution in [1.29, 1.82) is 0 Å². The van der Waals surface area contributed by atoms with Crippen LogP contribution in [0, 0.1) is 5.82 Å². The lowest BCUT2D eigenvalue weighted by Gasteiger charge is -2.06. The van der Waals surface area contributed by atoms with Gasteiger partial charge in [0.25, 0.3) is 0 Å². The number of aldehydes is 1. The number of nitrogens with zero attached hydrogens (tertiary/aromatic N) is 2. The maximum Gasteiger partial charge on any atom is 0.187 e. The standard InChI is InChI=1S/C12H9FN2OS/c1-17-12-14-6-8(7-16)11(15-12)9-4-2-3-5-10(9)13/h2-7H,1H3. The quantitative estimate of drug-likeness (QED) is 0.476. The molecule has 0 atom stereocenters. The smallest absolute Gasteiger partial charge is 0.187 e. The maximum atomic E-state index is 13.6. The predicted molar refractivity (Wildman–Crippen MR) is 64.6 cm³/mol. The van der Waals surface area contributed by atoms with Crippen molar-refractivity contribution in [3.63, 3.8) is 0 Å². The zero-order chi connectivity index (χ0) is 12.3. The summed E-state index contributed by atoms with van der Waals surface area (Å²) in [6.07, 6.45) is 3.86. The second kappa shape index (κ2) is 5.05. The van der Waals surface area contributed by atoms with Crippen molar-refractivity contribution in [3.05, 3.63) is 41.8 Å². The normalized spacial score (nSPS) is 10.2. The fourth-order valence-electron chi connectivity index (χ4n) is 1.43. The summed E-state index contributed by atoms with van der Waals surface area (Å²) in [6, 6.07) is 6.23. The van der Waals surface area contributed by atoms with Crippen molar-refractivity contribution >= 4 is 18.0 Å². The highest BCUT2D eigenvalue weighted by Crippen LogP contribution is 2.24. The SMILES string of the molecule is CSc1ncc(C=O)c(-c2ccccc2F)n1. The number of carbonyl (C=O) groups is 1. The molecule has 3 nitrogen and oxygen atoms in total. The average Bonchev–Trinajstić information content (AvgIpc) is 2.38. The molecule has 17 heavy (non-hydrogen) atoms. The van der Waals surface area contributed by atoms with Gasteiger partial charge in [0, 0.05) is 11.8 Å². The fraction of sp³-hybridized carbons (Fsp3) is 0.0833. The van der Waals surface area contributed by atoms with E-state index in [1.807, 2.05) is 6.26 Å². The number of rotatable bonds is 3. The molecule has 0 amide bonds. The van der Waals surface area contributed by atoms with Gasteiger partial charge in [0.2, 0.25) is 0 Å². The van der Waals surface area contributed by atoms with Crippen molar-refractivity contribution in [3.8, 4) is 11.3 Å². The number of halogens is 1. The number of benzene rings is 1. The Kier molecular flexibility index (Phi) is 3.49. The third kappa shape index (κ3) is 2.34. The lowest BCUT2D eigenvalue weighted by Crippen LogP contribution is -1.97. The number of thioether (sulfide) groups is 1. The third-order valence-electron chi connectivity index (χ3n) is 2.23. The molecular formula is C12H9FN2OS. The topological polar surface area (TPSA) is 42.9 Å². The highest BCUT2D eigenvalue weighted by atomic mass is 32.2. The summed E-state index contributed by atoms with van der Waals surface area (Å²) >= 11 is 1.34. The van der Waals surface area contributed by atoms with Gasteiger partial charge >= 0.3 is 0 Å². The van der Waals surface area contributed by atoms with Crippen LogP contribution in [-0.4, -0.2) is 22.5 Å². The van der Waals surface area contributed by atoms with E-state index in [2.05, 4.69) is 9.97 Å². The van der Waals surface area contributed by atoms with Gasteiger partial charge in [-0.15, -0.1) is 0 Å². The molecule has 0 unspecified atom stereocenters. The zero-order valence-corrected chi connectivity index (χ0v) is 9.87. The lowest BCUT2D eigenvalue weighted by molar-refractivity contribution is 0.112. The molecule has 0 spiro atoms. The highest BCUT2D eigenvalue weighted by Gasteiger charge is 2.12. The number of hydrogen-bond donors (Lipinski definition) is 0. The van der Waals surface area contributed by atoms with Crippen LogP contribution in [0.4, 0.5) is 4.39 Å². The molecular weight excluding hydrogens is 239 g/mol. The van der Waals surface area contributed by atoms with Crippen LogP contribution in [0.1, 0.15) is 10.4 Å². The Labute approximate surface area is 102 Å². The molecule has 5 heteroatoms. The molecule has 0 N–H and O–H groups in total. The molecule has 0 aliphatic rings.